The Kier molecular flexibility index (Phi) is 6.34. The van der Waals surface area contributed by atoms with E-state index in [-0.39, 0.29) is 18.4 Å². The molecular formula is C12H24ClNO2. The van der Waals surface area contributed by atoms with E-state index in [0.29, 0.717) is 12.5 Å². The third-order valence-electron chi connectivity index (χ3n) is 3.11. The van der Waals surface area contributed by atoms with Crippen LogP contribution in [0.2, 0.25) is 0 Å². The van der Waals surface area contributed by atoms with Crippen LogP contribution in [-0.4, -0.2) is 18.1 Å². The molecule has 0 bridgehead atoms. The molecule has 3 nitrogen and oxygen atoms in total. The molecule has 96 valence electrons. The summed E-state index contributed by atoms with van der Waals surface area (Å²) in [4.78, 5) is 11.4. The van der Waals surface area contributed by atoms with Crippen molar-refractivity contribution in [3.05, 3.63) is 0 Å². The Labute approximate surface area is 105 Å². The van der Waals surface area contributed by atoms with Crippen LogP contribution in [0, 0.1) is 11.8 Å². The summed E-state index contributed by atoms with van der Waals surface area (Å²) in [6, 6.07) is 0. The largest absolute Gasteiger partial charge is 0.464 e. The fraction of sp³-hybridized carbons (Fsp3) is 0.917. The number of nitrogens with two attached hydrogens (primary N) is 1. The maximum Gasteiger partial charge on any atom is 0.325 e. The zero-order valence-electron chi connectivity index (χ0n) is 10.5. The minimum absolute atomic E-state index is 0. The lowest BCUT2D eigenvalue weighted by atomic mass is 9.83. The molecule has 4 heteroatoms. The maximum atomic E-state index is 11.4. The zero-order chi connectivity index (χ0) is 11.5. The Morgan fingerprint density at radius 1 is 1.31 bits per heavy atom. The minimum atomic E-state index is -0.859. The number of hydrogen-bond acceptors (Lipinski definition) is 3. The van der Waals surface area contributed by atoms with E-state index in [1.165, 1.54) is 25.7 Å². The zero-order valence-corrected chi connectivity index (χ0v) is 11.3. The second kappa shape index (κ2) is 6.45. The number of rotatable bonds is 3. The topological polar surface area (TPSA) is 52.3 Å². The Hall–Kier alpha value is -0.280. The fourth-order valence-corrected chi connectivity index (χ4v) is 1.88. The molecular weight excluding hydrogens is 226 g/mol. The van der Waals surface area contributed by atoms with Gasteiger partial charge < -0.3 is 10.5 Å². The van der Waals surface area contributed by atoms with Gasteiger partial charge >= 0.3 is 5.97 Å². The Bertz CT molecular complexity index is 218. The lowest BCUT2D eigenvalue weighted by Gasteiger charge is -2.26. The summed E-state index contributed by atoms with van der Waals surface area (Å²) >= 11 is 0. The molecule has 1 aliphatic rings. The van der Waals surface area contributed by atoms with Crippen LogP contribution >= 0.6 is 12.4 Å². The monoisotopic (exact) mass is 249 g/mol. The summed E-state index contributed by atoms with van der Waals surface area (Å²) < 4.78 is 5.22. The predicted molar refractivity (Wildman–Crippen MR) is 67.6 cm³/mol. The van der Waals surface area contributed by atoms with Crippen molar-refractivity contribution in [3.63, 3.8) is 0 Å². The highest BCUT2D eigenvalue weighted by Crippen LogP contribution is 2.28. The standard InChI is InChI=1S/C12H23NO2.ClH/c1-9-4-6-10(7-5-9)8-15-11(14)12(2,3)13;/h9-10H,4-8,13H2,1-3H3;1H. The van der Waals surface area contributed by atoms with E-state index in [0.717, 1.165) is 5.92 Å². The van der Waals surface area contributed by atoms with Crippen molar-refractivity contribution in [1.29, 1.82) is 0 Å². The number of hydrogen-bond donors (Lipinski definition) is 1. The van der Waals surface area contributed by atoms with Crippen LogP contribution in [-0.2, 0) is 9.53 Å². The first kappa shape index (κ1) is 15.7. The van der Waals surface area contributed by atoms with Crippen LogP contribution in [0.1, 0.15) is 46.5 Å². The third-order valence-corrected chi connectivity index (χ3v) is 3.11. The molecule has 1 rings (SSSR count). The molecule has 0 unspecified atom stereocenters. The molecule has 1 aliphatic carbocycles. The number of esters is 1. The van der Waals surface area contributed by atoms with Gasteiger partial charge in [-0.2, -0.15) is 0 Å². The molecule has 0 radical (unpaired) electrons. The van der Waals surface area contributed by atoms with E-state index in [2.05, 4.69) is 6.92 Å². The summed E-state index contributed by atoms with van der Waals surface area (Å²) in [6.07, 6.45) is 4.88. The van der Waals surface area contributed by atoms with E-state index < -0.39 is 5.54 Å². The van der Waals surface area contributed by atoms with Crippen molar-refractivity contribution in [1.82, 2.24) is 0 Å². The van der Waals surface area contributed by atoms with Crippen molar-refractivity contribution in [2.24, 2.45) is 17.6 Å². The van der Waals surface area contributed by atoms with Gasteiger partial charge in [-0.05, 0) is 38.5 Å². The smallest absolute Gasteiger partial charge is 0.325 e. The molecule has 0 saturated heterocycles. The second-order valence-corrected chi connectivity index (χ2v) is 5.45. The molecule has 0 atom stereocenters. The predicted octanol–water partition coefficient (Wildman–Crippen LogP) is 2.52. The third kappa shape index (κ3) is 5.17. The van der Waals surface area contributed by atoms with Crippen molar-refractivity contribution < 1.29 is 9.53 Å². The summed E-state index contributed by atoms with van der Waals surface area (Å²) in [5.41, 5.74) is 4.78. The highest BCUT2D eigenvalue weighted by molar-refractivity contribution is 5.85. The van der Waals surface area contributed by atoms with E-state index in [1.807, 2.05) is 0 Å². The second-order valence-electron chi connectivity index (χ2n) is 5.45. The van der Waals surface area contributed by atoms with Crippen molar-refractivity contribution in [3.8, 4) is 0 Å². The first-order valence-electron chi connectivity index (χ1n) is 5.85. The van der Waals surface area contributed by atoms with Crippen molar-refractivity contribution in [2.75, 3.05) is 6.61 Å². The van der Waals surface area contributed by atoms with Gasteiger partial charge in [-0.1, -0.05) is 19.8 Å². The Morgan fingerprint density at radius 2 is 1.81 bits per heavy atom. The lowest BCUT2D eigenvalue weighted by Crippen LogP contribution is -2.43. The van der Waals surface area contributed by atoms with Crippen molar-refractivity contribution >= 4 is 18.4 Å². The van der Waals surface area contributed by atoms with Crippen LogP contribution in [0.25, 0.3) is 0 Å². The van der Waals surface area contributed by atoms with Gasteiger partial charge in [-0.25, -0.2) is 0 Å². The quantitative estimate of drug-likeness (QED) is 0.782. The van der Waals surface area contributed by atoms with Gasteiger partial charge in [-0.15, -0.1) is 12.4 Å². The Balaban J connectivity index is 0.00000225. The fourth-order valence-electron chi connectivity index (χ4n) is 1.88. The molecule has 0 amide bonds. The maximum absolute atomic E-state index is 11.4. The van der Waals surface area contributed by atoms with Crippen LogP contribution < -0.4 is 5.73 Å². The van der Waals surface area contributed by atoms with Gasteiger partial charge in [0.25, 0.3) is 0 Å². The first-order valence-corrected chi connectivity index (χ1v) is 5.85. The van der Waals surface area contributed by atoms with E-state index in [9.17, 15) is 4.79 Å². The molecule has 0 aromatic rings. The molecule has 0 aliphatic heterocycles. The molecule has 16 heavy (non-hydrogen) atoms. The number of halogens is 1. The molecule has 1 saturated carbocycles. The molecule has 1 fully saturated rings. The highest BCUT2D eigenvalue weighted by atomic mass is 35.5. The van der Waals surface area contributed by atoms with Crippen LogP contribution in [0.15, 0.2) is 0 Å². The minimum Gasteiger partial charge on any atom is -0.464 e. The molecule has 2 N–H and O–H groups in total. The van der Waals surface area contributed by atoms with Gasteiger partial charge in [0.1, 0.15) is 5.54 Å². The van der Waals surface area contributed by atoms with Crippen LogP contribution in [0.3, 0.4) is 0 Å². The van der Waals surface area contributed by atoms with E-state index in [1.54, 1.807) is 13.8 Å². The lowest BCUT2D eigenvalue weighted by molar-refractivity contribution is -0.150. The Morgan fingerprint density at radius 3 is 2.25 bits per heavy atom. The molecule has 0 aromatic carbocycles. The van der Waals surface area contributed by atoms with Gasteiger partial charge in [0.15, 0.2) is 0 Å². The first-order chi connectivity index (χ1) is 6.89. The molecule has 0 heterocycles. The number of ether oxygens (including phenoxy) is 1. The van der Waals surface area contributed by atoms with E-state index >= 15 is 0 Å². The molecule has 0 spiro atoms. The number of carbonyl (C=O) groups excluding carboxylic acids is 1. The number of carbonyl (C=O) groups is 1. The van der Waals surface area contributed by atoms with Gasteiger partial charge in [0, 0.05) is 0 Å². The average molecular weight is 250 g/mol. The SMILES string of the molecule is CC1CCC(COC(=O)C(C)(C)N)CC1.Cl. The van der Waals surface area contributed by atoms with Gasteiger partial charge in [0.2, 0.25) is 0 Å². The van der Waals surface area contributed by atoms with Crippen molar-refractivity contribution in [2.45, 2.75) is 52.0 Å². The van der Waals surface area contributed by atoms with Gasteiger partial charge in [0.05, 0.1) is 6.61 Å². The van der Waals surface area contributed by atoms with E-state index in [4.69, 9.17) is 10.5 Å². The average Bonchev–Trinajstić information content (AvgIpc) is 2.15. The summed E-state index contributed by atoms with van der Waals surface area (Å²) in [7, 11) is 0. The van der Waals surface area contributed by atoms with Gasteiger partial charge in [-0.3, -0.25) is 4.79 Å². The molecule has 0 aromatic heterocycles. The highest BCUT2D eigenvalue weighted by Gasteiger charge is 2.26. The normalized spacial score (nSPS) is 25.8. The summed E-state index contributed by atoms with van der Waals surface area (Å²) in [6.45, 7) is 6.19. The van der Waals surface area contributed by atoms with Crippen LogP contribution in [0.5, 0.6) is 0 Å². The summed E-state index contributed by atoms with van der Waals surface area (Å²) in [5.74, 6) is 1.09. The van der Waals surface area contributed by atoms with Crippen LogP contribution in [0.4, 0.5) is 0 Å². The summed E-state index contributed by atoms with van der Waals surface area (Å²) in [5, 5.41) is 0.